The lowest BCUT2D eigenvalue weighted by Gasteiger charge is -2.33. The van der Waals surface area contributed by atoms with Gasteiger partial charge in [-0.1, -0.05) is 0 Å². The highest BCUT2D eigenvalue weighted by atomic mass is 79.9. The predicted octanol–water partition coefficient (Wildman–Crippen LogP) is 3.94. The highest BCUT2D eigenvalue weighted by Crippen LogP contribution is 2.47. The quantitative estimate of drug-likeness (QED) is 0.779. The van der Waals surface area contributed by atoms with Gasteiger partial charge in [-0.3, -0.25) is 9.48 Å². The fraction of sp³-hybridized carbons (Fsp3) is 0.733. The molecule has 8 heteroatoms. The lowest BCUT2D eigenvalue weighted by Crippen LogP contribution is -2.43. The average Bonchev–Trinajstić information content (AvgIpc) is 3.23. The Hall–Kier alpha value is -1.05. The van der Waals surface area contributed by atoms with Crippen molar-refractivity contribution < 1.29 is 18.0 Å². The van der Waals surface area contributed by atoms with E-state index >= 15 is 0 Å². The maximum Gasteiger partial charge on any atom is 0.436 e. The third kappa shape index (κ3) is 3.41. The molecule has 4 nitrogen and oxygen atoms in total. The molecule has 0 bridgehead atoms. The van der Waals surface area contributed by atoms with Crippen molar-refractivity contribution in [3.63, 3.8) is 0 Å². The molecule has 0 radical (unpaired) electrons. The Kier molecular flexibility index (Phi) is 4.46. The summed E-state index contributed by atoms with van der Waals surface area (Å²) in [7, 11) is 0. The van der Waals surface area contributed by atoms with E-state index in [0.717, 1.165) is 32.1 Å². The number of likely N-dealkylation sites (tertiary alicyclic amines) is 1. The Morgan fingerprint density at radius 1 is 1.30 bits per heavy atom. The first-order valence-electron chi connectivity index (χ1n) is 7.92. The van der Waals surface area contributed by atoms with E-state index in [4.69, 9.17) is 0 Å². The summed E-state index contributed by atoms with van der Waals surface area (Å²) in [6.07, 6.45) is 0.144. The first-order valence-corrected chi connectivity index (χ1v) is 8.71. The second kappa shape index (κ2) is 6.11. The topological polar surface area (TPSA) is 38.1 Å². The van der Waals surface area contributed by atoms with Crippen LogP contribution in [0.5, 0.6) is 0 Å². The normalized spacial score (nSPS) is 22.5. The van der Waals surface area contributed by atoms with Gasteiger partial charge in [0.25, 0.3) is 0 Å². The van der Waals surface area contributed by atoms with Crippen LogP contribution in [-0.2, 0) is 17.5 Å². The number of aromatic nitrogens is 2. The molecule has 1 saturated carbocycles. The van der Waals surface area contributed by atoms with Crippen molar-refractivity contribution in [2.75, 3.05) is 6.54 Å². The van der Waals surface area contributed by atoms with Gasteiger partial charge in [0.1, 0.15) is 6.54 Å². The molecule has 2 heterocycles. The predicted molar refractivity (Wildman–Crippen MR) is 81.9 cm³/mol. The van der Waals surface area contributed by atoms with E-state index in [1.165, 1.54) is 4.68 Å². The van der Waals surface area contributed by atoms with Gasteiger partial charge in [0.2, 0.25) is 5.91 Å². The van der Waals surface area contributed by atoms with Crippen LogP contribution >= 0.6 is 15.9 Å². The Morgan fingerprint density at radius 2 is 2.00 bits per heavy atom. The van der Waals surface area contributed by atoms with E-state index in [1.54, 1.807) is 4.90 Å². The van der Waals surface area contributed by atoms with Gasteiger partial charge < -0.3 is 4.90 Å². The summed E-state index contributed by atoms with van der Waals surface area (Å²) in [5, 5.41) is 3.70. The maximum atomic E-state index is 13.1. The molecule has 23 heavy (non-hydrogen) atoms. The van der Waals surface area contributed by atoms with Crippen molar-refractivity contribution in [2.24, 2.45) is 0 Å². The van der Waals surface area contributed by atoms with Crippen LogP contribution in [0.25, 0.3) is 0 Å². The van der Waals surface area contributed by atoms with Crippen LogP contribution in [0.4, 0.5) is 13.2 Å². The Balaban J connectivity index is 1.86. The molecular formula is C15H19BrF3N3O. The average molecular weight is 394 g/mol. The lowest BCUT2D eigenvalue weighted by atomic mass is 10.0. The van der Waals surface area contributed by atoms with Crippen molar-refractivity contribution in [1.82, 2.24) is 14.7 Å². The van der Waals surface area contributed by atoms with Gasteiger partial charge in [-0.15, -0.1) is 0 Å². The highest BCUT2D eigenvalue weighted by Gasteiger charge is 2.42. The van der Waals surface area contributed by atoms with Crippen molar-refractivity contribution in [1.29, 1.82) is 0 Å². The summed E-state index contributed by atoms with van der Waals surface area (Å²) in [6, 6.07) is 0.140. The van der Waals surface area contributed by atoms with Crippen LogP contribution in [0.2, 0.25) is 0 Å². The minimum Gasteiger partial charge on any atom is -0.338 e. The van der Waals surface area contributed by atoms with Gasteiger partial charge >= 0.3 is 6.18 Å². The summed E-state index contributed by atoms with van der Waals surface area (Å²) in [5.41, 5.74) is -0.422. The SMILES string of the molecule is CC1CCCCN1C(=O)Cn1nc(C(F)(F)F)c(Br)c1C1CC1. The minimum atomic E-state index is -4.52. The van der Waals surface area contributed by atoms with Crippen molar-refractivity contribution in [2.45, 2.75) is 63.7 Å². The first-order chi connectivity index (χ1) is 10.8. The molecule has 128 valence electrons. The third-order valence-electron chi connectivity index (χ3n) is 4.57. The van der Waals surface area contributed by atoms with Crippen LogP contribution in [0.15, 0.2) is 4.47 Å². The molecule has 0 aromatic carbocycles. The Labute approximate surface area is 141 Å². The molecule has 1 aliphatic heterocycles. The molecule has 1 atom stereocenters. The Morgan fingerprint density at radius 3 is 2.57 bits per heavy atom. The molecule has 1 unspecified atom stereocenters. The Bertz CT molecular complexity index is 610. The van der Waals surface area contributed by atoms with Crippen LogP contribution in [0.1, 0.15) is 56.3 Å². The molecule has 0 spiro atoms. The highest BCUT2D eigenvalue weighted by molar-refractivity contribution is 9.10. The summed E-state index contributed by atoms with van der Waals surface area (Å²) in [4.78, 5) is 14.3. The molecule has 2 fully saturated rings. The second-order valence-electron chi connectivity index (χ2n) is 6.41. The van der Waals surface area contributed by atoms with E-state index in [1.807, 2.05) is 6.92 Å². The first kappa shape index (κ1) is 16.8. The number of hydrogen-bond donors (Lipinski definition) is 0. The number of amides is 1. The van der Waals surface area contributed by atoms with Gasteiger partial charge in [-0.2, -0.15) is 18.3 Å². The van der Waals surface area contributed by atoms with Crippen LogP contribution in [-0.4, -0.2) is 33.2 Å². The smallest absolute Gasteiger partial charge is 0.338 e. The largest absolute Gasteiger partial charge is 0.436 e. The van der Waals surface area contributed by atoms with E-state index in [9.17, 15) is 18.0 Å². The van der Waals surface area contributed by atoms with Crippen molar-refractivity contribution in [3.05, 3.63) is 15.9 Å². The van der Waals surface area contributed by atoms with E-state index in [2.05, 4.69) is 21.0 Å². The van der Waals surface area contributed by atoms with Gasteiger partial charge in [0, 0.05) is 18.5 Å². The summed E-state index contributed by atoms with van der Waals surface area (Å²) in [5.74, 6) is -0.0811. The molecular weight excluding hydrogens is 375 g/mol. The molecule has 1 aromatic rings. The van der Waals surface area contributed by atoms with Crippen LogP contribution < -0.4 is 0 Å². The molecule has 1 aliphatic carbocycles. The number of nitrogens with zero attached hydrogens (tertiary/aromatic N) is 3. The lowest BCUT2D eigenvalue weighted by molar-refractivity contribution is -0.143. The maximum absolute atomic E-state index is 13.1. The number of carbonyl (C=O) groups excluding carboxylic acids is 1. The fourth-order valence-electron chi connectivity index (χ4n) is 3.19. The van der Waals surface area contributed by atoms with E-state index in [0.29, 0.717) is 12.2 Å². The molecule has 1 saturated heterocycles. The molecule has 0 N–H and O–H groups in total. The minimum absolute atomic E-state index is 0.00741. The van der Waals surface area contributed by atoms with Crippen molar-refractivity contribution in [3.8, 4) is 0 Å². The van der Waals surface area contributed by atoms with Gasteiger partial charge in [0.15, 0.2) is 5.69 Å². The molecule has 2 aliphatic rings. The summed E-state index contributed by atoms with van der Waals surface area (Å²) < 4.78 is 40.5. The zero-order valence-corrected chi connectivity index (χ0v) is 14.5. The van der Waals surface area contributed by atoms with Gasteiger partial charge in [0.05, 0.1) is 10.2 Å². The van der Waals surface area contributed by atoms with Gasteiger partial charge in [-0.05, 0) is 55.0 Å². The monoisotopic (exact) mass is 393 g/mol. The molecule has 3 rings (SSSR count). The summed E-state index contributed by atoms with van der Waals surface area (Å²) >= 11 is 3.05. The molecule has 1 amide bonds. The van der Waals surface area contributed by atoms with Crippen LogP contribution in [0, 0.1) is 0 Å². The van der Waals surface area contributed by atoms with E-state index < -0.39 is 11.9 Å². The molecule has 1 aromatic heterocycles. The second-order valence-corrected chi connectivity index (χ2v) is 7.20. The van der Waals surface area contributed by atoms with Gasteiger partial charge in [-0.25, -0.2) is 0 Å². The van der Waals surface area contributed by atoms with Crippen LogP contribution in [0.3, 0.4) is 0 Å². The fourth-order valence-corrected chi connectivity index (χ4v) is 4.02. The third-order valence-corrected chi connectivity index (χ3v) is 5.35. The number of carbonyl (C=O) groups is 1. The number of alkyl halides is 3. The number of piperidine rings is 1. The zero-order chi connectivity index (χ0) is 16.8. The summed E-state index contributed by atoms with van der Waals surface area (Å²) in [6.45, 7) is 2.54. The standard InChI is InChI=1S/C15H19BrF3N3O/c1-9-4-2-3-7-21(9)11(23)8-22-13(10-5-6-10)12(16)14(20-22)15(17,18)19/h9-10H,2-8H2,1H3. The zero-order valence-electron chi connectivity index (χ0n) is 12.9. The van der Waals surface area contributed by atoms with Crippen molar-refractivity contribution >= 4 is 21.8 Å². The number of hydrogen-bond acceptors (Lipinski definition) is 2. The number of rotatable bonds is 3. The van der Waals surface area contributed by atoms with E-state index in [-0.39, 0.29) is 28.9 Å². The number of halogens is 4.